The van der Waals surface area contributed by atoms with E-state index < -0.39 is 0 Å². The molecule has 1 amide bonds. The number of benzene rings is 1. The van der Waals surface area contributed by atoms with E-state index in [4.69, 9.17) is 4.74 Å². The Kier molecular flexibility index (Phi) is 2.23. The highest BCUT2D eigenvalue weighted by atomic mass is 16.5. The molecular weight excluding hydrogens is 178 g/mol. The molecule has 0 unspecified atom stereocenters. The number of nitrogens with one attached hydrogen (secondary N) is 1. The van der Waals surface area contributed by atoms with Gasteiger partial charge < -0.3 is 10.1 Å². The van der Waals surface area contributed by atoms with Gasteiger partial charge >= 0.3 is 0 Å². The summed E-state index contributed by atoms with van der Waals surface area (Å²) < 4.78 is 5.39. The molecule has 0 fully saturated rings. The van der Waals surface area contributed by atoms with Crippen LogP contribution in [0, 0.1) is 0 Å². The summed E-state index contributed by atoms with van der Waals surface area (Å²) in [7, 11) is 1.62. The summed E-state index contributed by atoms with van der Waals surface area (Å²) in [6.07, 6.45) is 3.82. The van der Waals surface area contributed by atoms with Gasteiger partial charge in [-0.05, 0) is 18.2 Å². The molecule has 2 rings (SSSR count). The highest BCUT2D eigenvalue weighted by molar-refractivity contribution is 5.98. The maximum Gasteiger partial charge on any atom is 0.251 e. The van der Waals surface area contributed by atoms with Crippen molar-refractivity contribution in [3.05, 3.63) is 35.4 Å². The van der Waals surface area contributed by atoms with Crippen LogP contribution >= 0.6 is 0 Å². The highest BCUT2D eigenvalue weighted by Gasteiger charge is 2.14. The molecule has 1 aliphatic heterocycles. The highest BCUT2D eigenvalue weighted by Crippen LogP contribution is 2.26. The molecule has 3 nitrogen and oxygen atoms in total. The van der Waals surface area contributed by atoms with Gasteiger partial charge in [-0.15, -0.1) is 0 Å². The van der Waals surface area contributed by atoms with Gasteiger partial charge in [-0.2, -0.15) is 0 Å². The molecule has 0 atom stereocenters. The van der Waals surface area contributed by atoms with Gasteiger partial charge in [0.1, 0.15) is 12.4 Å². The Hall–Kier alpha value is -1.77. The molecule has 0 aromatic heterocycles. The molecule has 14 heavy (non-hydrogen) atoms. The lowest BCUT2D eigenvalue weighted by molar-refractivity contribution is 0.0962. The first-order valence-electron chi connectivity index (χ1n) is 4.47. The van der Waals surface area contributed by atoms with Crippen LogP contribution in [0.25, 0.3) is 6.08 Å². The molecule has 3 heteroatoms. The van der Waals surface area contributed by atoms with E-state index in [1.165, 1.54) is 0 Å². The van der Waals surface area contributed by atoms with Gasteiger partial charge in [0.05, 0.1) is 5.56 Å². The third-order valence-electron chi connectivity index (χ3n) is 2.16. The summed E-state index contributed by atoms with van der Waals surface area (Å²) >= 11 is 0. The third kappa shape index (κ3) is 1.37. The van der Waals surface area contributed by atoms with Crippen molar-refractivity contribution < 1.29 is 9.53 Å². The minimum atomic E-state index is -0.0861. The topological polar surface area (TPSA) is 38.3 Å². The maximum absolute atomic E-state index is 11.5. The Morgan fingerprint density at radius 3 is 3.14 bits per heavy atom. The van der Waals surface area contributed by atoms with E-state index >= 15 is 0 Å². The molecule has 1 heterocycles. The SMILES string of the molecule is CNC(=O)c1cccc2c1C=CCO2. The number of carbonyl (C=O) groups excluding carboxylic acids is 1. The molecule has 1 aliphatic rings. The van der Waals surface area contributed by atoms with Crippen molar-refractivity contribution in [2.45, 2.75) is 0 Å². The maximum atomic E-state index is 11.5. The Morgan fingerprint density at radius 1 is 1.50 bits per heavy atom. The number of carbonyl (C=O) groups is 1. The molecule has 0 aliphatic carbocycles. The average molecular weight is 189 g/mol. The summed E-state index contributed by atoms with van der Waals surface area (Å²) in [4.78, 5) is 11.5. The van der Waals surface area contributed by atoms with Gasteiger partial charge in [-0.1, -0.05) is 12.1 Å². The van der Waals surface area contributed by atoms with Crippen molar-refractivity contribution in [3.63, 3.8) is 0 Å². The molecule has 0 radical (unpaired) electrons. The fraction of sp³-hybridized carbons (Fsp3) is 0.182. The van der Waals surface area contributed by atoms with E-state index in [1.807, 2.05) is 24.3 Å². The summed E-state index contributed by atoms with van der Waals surface area (Å²) in [5.41, 5.74) is 1.51. The minimum absolute atomic E-state index is 0.0861. The summed E-state index contributed by atoms with van der Waals surface area (Å²) in [6.45, 7) is 0.574. The molecular formula is C11H11NO2. The van der Waals surface area contributed by atoms with Gasteiger partial charge in [-0.25, -0.2) is 0 Å². The third-order valence-corrected chi connectivity index (χ3v) is 2.16. The van der Waals surface area contributed by atoms with E-state index in [1.54, 1.807) is 13.1 Å². The minimum Gasteiger partial charge on any atom is -0.489 e. The van der Waals surface area contributed by atoms with Crippen LogP contribution < -0.4 is 10.1 Å². The van der Waals surface area contributed by atoms with E-state index in [0.29, 0.717) is 12.2 Å². The van der Waals surface area contributed by atoms with Gasteiger partial charge in [0.2, 0.25) is 0 Å². The summed E-state index contributed by atoms with van der Waals surface area (Å²) in [5.74, 6) is 0.686. The molecule has 1 aromatic carbocycles. The second-order valence-corrected chi connectivity index (χ2v) is 3.01. The zero-order chi connectivity index (χ0) is 9.97. The molecule has 72 valence electrons. The lowest BCUT2D eigenvalue weighted by Gasteiger charge is -2.14. The first-order chi connectivity index (χ1) is 6.83. The lowest BCUT2D eigenvalue weighted by Crippen LogP contribution is -2.19. The van der Waals surface area contributed by atoms with E-state index in [2.05, 4.69) is 5.32 Å². The molecule has 1 N–H and O–H groups in total. The zero-order valence-corrected chi connectivity index (χ0v) is 7.91. The van der Waals surface area contributed by atoms with Crippen molar-refractivity contribution in [1.82, 2.24) is 5.32 Å². The van der Waals surface area contributed by atoms with Crippen LogP contribution in [0.1, 0.15) is 15.9 Å². The van der Waals surface area contributed by atoms with Crippen LogP contribution in [-0.2, 0) is 0 Å². The Balaban J connectivity index is 2.52. The predicted octanol–water partition coefficient (Wildman–Crippen LogP) is 1.45. The Bertz CT molecular complexity index is 396. The van der Waals surface area contributed by atoms with E-state index in [0.717, 1.165) is 11.3 Å². The molecule has 0 saturated carbocycles. The van der Waals surface area contributed by atoms with E-state index in [9.17, 15) is 4.79 Å². The number of hydrogen-bond donors (Lipinski definition) is 1. The lowest BCUT2D eigenvalue weighted by atomic mass is 10.0. The average Bonchev–Trinajstić information content (AvgIpc) is 2.27. The number of ether oxygens (including phenoxy) is 1. The second kappa shape index (κ2) is 3.54. The monoisotopic (exact) mass is 189 g/mol. The number of fused-ring (bicyclic) bond motifs is 1. The molecule has 0 saturated heterocycles. The largest absolute Gasteiger partial charge is 0.489 e. The van der Waals surface area contributed by atoms with Crippen LogP contribution in [-0.4, -0.2) is 19.6 Å². The fourth-order valence-corrected chi connectivity index (χ4v) is 1.48. The smallest absolute Gasteiger partial charge is 0.251 e. The summed E-state index contributed by atoms with van der Waals surface area (Å²) in [6, 6.07) is 5.48. The Morgan fingerprint density at radius 2 is 2.36 bits per heavy atom. The van der Waals surface area contributed by atoms with Crippen molar-refractivity contribution in [1.29, 1.82) is 0 Å². The van der Waals surface area contributed by atoms with Crippen molar-refractivity contribution >= 4 is 12.0 Å². The van der Waals surface area contributed by atoms with Gasteiger partial charge in [0.25, 0.3) is 5.91 Å². The first-order valence-corrected chi connectivity index (χ1v) is 4.47. The molecule has 0 spiro atoms. The number of hydrogen-bond acceptors (Lipinski definition) is 2. The number of rotatable bonds is 1. The zero-order valence-electron chi connectivity index (χ0n) is 7.91. The molecule has 0 bridgehead atoms. The van der Waals surface area contributed by atoms with Crippen LogP contribution in [0.15, 0.2) is 24.3 Å². The quantitative estimate of drug-likeness (QED) is 0.726. The Labute approximate surface area is 82.4 Å². The van der Waals surface area contributed by atoms with Crippen LogP contribution in [0.3, 0.4) is 0 Å². The van der Waals surface area contributed by atoms with Crippen LogP contribution in [0.2, 0.25) is 0 Å². The van der Waals surface area contributed by atoms with Gasteiger partial charge in [-0.3, -0.25) is 4.79 Å². The standard InChI is InChI=1S/C11H11NO2/c1-12-11(13)9-4-2-6-10-8(9)5-3-7-14-10/h2-6H,7H2,1H3,(H,12,13). The molecule has 1 aromatic rings. The summed E-state index contributed by atoms with van der Waals surface area (Å²) in [5, 5.41) is 2.60. The van der Waals surface area contributed by atoms with Gasteiger partial charge in [0.15, 0.2) is 0 Å². The normalized spacial score (nSPS) is 12.9. The van der Waals surface area contributed by atoms with Crippen molar-refractivity contribution in [3.8, 4) is 5.75 Å². The number of amides is 1. The second-order valence-electron chi connectivity index (χ2n) is 3.01. The van der Waals surface area contributed by atoms with Crippen LogP contribution in [0.5, 0.6) is 5.75 Å². The van der Waals surface area contributed by atoms with Crippen molar-refractivity contribution in [2.24, 2.45) is 0 Å². The predicted molar refractivity (Wildman–Crippen MR) is 54.4 cm³/mol. The fourth-order valence-electron chi connectivity index (χ4n) is 1.48. The van der Waals surface area contributed by atoms with Crippen LogP contribution in [0.4, 0.5) is 0 Å². The van der Waals surface area contributed by atoms with Crippen molar-refractivity contribution in [2.75, 3.05) is 13.7 Å². The van der Waals surface area contributed by atoms with Gasteiger partial charge in [0, 0.05) is 12.6 Å². The first kappa shape index (κ1) is 8.81. The van der Waals surface area contributed by atoms with E-state index in [-0.39, 0.29) is 5.91 Å².